The fourth-order valence-electron chi connectivity index (χ4n) is 0.932. The van der Waals surface area contributed by atoms with Crippen molar-refractivity contribution in [2.24, 2.45) is 0 Å². The minimum Gasteiger partial charge on any atom is -0.376 e. The van der Waals surface area contributed by atoms with Gasteiger partial charge in [0.25, 0.3) is 10.1 Å². The Labute approximate surface area is 89.3 Å². The molecular weight excluding hydrogens is 224 g/mol. The molecule has 0 aliphatic carbocycles. The third-order valence-corrected chi connectivity index (χ3v) is 2.48. The van der Waals surface area contributed by atoms with Crippen LogP contribution < -0.4 is 0 Å². The molecule has 1 aliphatic heterocycles. The second-order valence-electron chi connectivity index (χ2n) is 3.46. The highest BCUT2D eigenvalue weighted by Gasteiger charge is 2.22. The monoisotopic (exact) mass is 240 g/mol. The van der Waals surface area contributed by atoms with E-state index >= 15 is 0 Å². The molecule has 0 amide bonds. The maximum Gasteiger partial charge on any atom is 0.267 e. The molecule has 1 aliphatic rings. The van der Waals surface area contributed by atoms with Gasteiger partial charge in [0, 0.05) is 0 Å². The summed E-state index contributed by atoms with van der Waals surface area (Å²) < 4.78 is 44.4. The molecule has 6 nitrogen and oxygen atoms in total. The topological polar surface area (TPSA) is 85.4 Å². The first kappa shape index (κ1) is 12.9. The molecule has 90 valence electrons. The normalized spacial score (nSPS) is 22.7. The molecule has 15 heavy (non-hydrogen) atoms. The van der Waals surface area contributed by atoms with Crippen molar-refractivity contribution in [2.45, 2.75) is 19.1 Å². The zero-order valence-corrected chi connectivity index (χ0v) is 9.40. The lowest BCUT2D eigenvalue weighted by atomic mass is 10.4. The number of ether oxygens (including phenoxy) is 3. The SMILES string of the molecule is CC(COCC1CO1)OCCS(=O)(=O)O. The van der Waals surface area contributed by atoms with Gasteiger partial charge in [-0.3, -0.25) is 4.55 Å². The third kappa shape index (κ3) is 7.69. The van der Waals surface area contributed by atoms with E-state index in [1.54, 1.807) is 6.92 Å². The van der Waals surface area contributed by atoms with E-state index in [9.17, 15) is 8.42 Å². The van der Waals surface area contributed by atoms with Crippen LogP contribution in [0, 0.1) is 0 Å². The fraction of sp³-hybridized carbons (Fsp3) is 1.00. The molecule has 1 heterocycles. The molecule has 0 saturated carbocycles. The lowest BCUT2D eigenvalue weighted by molar-refractivity contribution is -0.00459. The summed E-state index contributed by atoms with van der Waals surface area (Å²) in [5.74, 6) is -0.386. The van der Waals surface area contributed by atoms with Crippen LogP contribution in [0.3, 0.4) is 0 Å². The molecule has 7 heteroatoms. The van der Waals surface area contributed by atoms with Crippen LogP contribution >= 0.6 is 0 Å². The molecule has 0 aromatic rings. The minimum absolute atomic E-state index is 0.0245. The lowest BCUT2D eigenvalue weighted by Gasteiger charge is -2.12. The molecule has 0 bridgehead atoms. The van der Waals surface area contributed by atoms with Crippen LogP contribution in [0.2, 0.25) is 0 Å². The average Bonchev–Trinajstić information content (AvgIpc) is 2.85. The van der Waals surface area contributed by atoms with E-state index in [0.29, 0.717) is 13.2 Å². The van der Waals surface area contributed by atoms with Gasteiger partial charge in [0.2, 0.25) is 0 Å². The first-order valence-corrected chi connectivity index (χ1v) is 6.34. The van der Waals surface area contributed by atoms with Crippen LogP contribution in [-0.4, -0.2) is 57.4 Å². The van der Waals surface area contributed by atoms with Crippen LogP contribution in [0.4, 0.5) is 0 Å². The smallest absolute Gasteiger partial charge is 0.267 e. The number of hydrogen-bond acceptors (Lipinski definition) is 5. The van der Waals surface area contributed by atoms with Crippen LogP contribution in [0.15, 0.2) is 0 Å². The van der Waals surface area contributed by atoms with Crippen molar-refractivity contribution >= 4 is 10.1 Å². The van der Waals surface area contributed by atoms with Gasteiger partial charge in [-0.1, -0.05) is 0 Å². The van der Waals surface area contributed by atoms with E-state index < -0.39 is 10.1 Å². The second kappa shape index (κ2) is 5.76. The quantitative estimate of drug-likeness (QED) is 0.463. The van der Waals surface area contributed by atoms with Crippen LogP contribution in [0.1, 0.15) is 6.92 Å². The molecule has 0 spiro atoms. The third-order valence-electron chi connectivity index (χ3n) is 1.80. The first-order valence-electron chi connectivity index (χ1n) is 4.73. The van der Waals surface area contributed by atoms with Crippen molar-refractivity contribution in [3.63, 3.8) is 0 Å². The van der Waals surface area contributed by atoms with Crippen LogP contribution in [-0.2, 0) is 24.3 Å². The molecular formula is C8H16O6S. The highest BCUT2D eigenvalue weighted by Crippen LogP contribution is 2.08. The highest BCUT2D eigenvalue weighted by atomic mass is 32.2. The molecule has 2 unspecified atom stereocenters. The van der Waals surface area contributed by atoms with E-state index in [0.717, 1.165) is 6.61 Å². The second-order valence-corrected chi connectivity index (χ2v) is 5.03. The zero-order valence-electron chi connectivity index (χ0n) is 8.59. The summed E-state index contributed by atoms with van der Waals surface area (Å²) >= 11 is 0. The van der Waals surface area contributed by atoms with Gasteiger partial charge >= 0.3 is 0 Å². The van der Waals surface area contributed by atoms with Crippen molar-refractivity contribution < 1.29 is 27.2 Å². The molecule has 1 fully saturated rings. The van der Waals surface area contributed by atoms with E-state index in [1.807, 2.05) is 0 Å². The van der Waals surface area contributed by atoms with E-state index in [1.165, 1.54) is 0 Å². The molecule has 1 rings (SSSR count). The van der Waals surface area contributed by atoms with E-state index in [4.69, 9.17) is 18.8 Å². The maximum atomic E-state index is 10.4. The standard InChI is InChI=1S/C8H16O6S/c1-7(4-12-5-8-6-14-8)13-2-3-15(9,10)11/h7-8H,2-6H2,1H3,(H,9,10,11). The summed E-state index contributed by atoms with van der Waals surface area (Å²) in [6.45, 7) is 3.44. The number of epoxide rings is 1. The Balaban J connectivity index is 1.94. The fourth-order valence-corrected chi connectivity index (χ4v) is 1.24. The van der Waals surface area contributed by atoms with Crippen molar-refractivity contribution in [1.82, 2.24) is 0 Å². The molecule has 1 saturated heterocycles. The summed E-state index contributed by atoms with van der Waals surface area (Å²) in [5.41, 5.74) is 0. The van der Waals surface area contributed by atoms with Crippen molar-refractivity contribution in [2.75, 3.05) is 32.2 Å². The summed E-state index contributed by atoms with van der Waals surface area (Å²) in [7, 11) is -3.93. The van der Waals surface area contributed by atoms with Gasteiger partial charge in [-0.15, -0.1) is 0 Å². The molecule has 0 aromatic heterocycles. The molecule has 1 N–H and O–H groups in total. The Morgan fingerprint density at radius 2 is 2.27 bits per heavy atom. The molecule has 2 atom stereocenters. The van der Waals surface area contributed by atoms with Crippen molar-refractivity contribution in [1.29, 1.82) is 0 Å². The predicted molar refractivity (Wildman–Crippen MR) is 52.4 cm³/mol. The van der Waals surface area contributed by atoms with Crippen molar-refractivity contribution in [3.05, 3.63) is 0 Å². The van der Waals surface area contributed by atoms with Gasteiger partial charge in [-0.05, 0) is 6.92 Å². The van der Waals surface area contributed by atoms with Gasteiger partial charge in [0.05, 0.1) is 38.3 Å². The summed E-state index contributed by atoms with van der Waals surface area (Å²) in [6.07, 6.45) is 0.0283. The lowest BCUT2D eigenvalue weighted by Crippen LogP contribution is -2.21. The largest absolute Gasteiger partial charge is 0.376 e. The van der Waals surface area contributed by atoms with Crippen molar-refractivity contribution in [3.8, 4) is 0 Å². The average molecular weight is 240 g/mol. The highest BCUT2D eigenvalue weighted by molar-refractivity contribution is 7.85. The summed E-state index contributed by atoms with van der Waals surface area (Å²) in [4.78, 5) is 0. The van der Waals surface area contributed by atoms with Gasteiger partial charge in [0.1, 0.15) is 6.10 Å². The Morgan fingerprint density at radius 1 is 1.60 bits per heavy atom. The summed E-state index contributed by atoms with van der Waals surface area (Å²) in [6, 6.07) is 0. The maximum absolute atomic E-state index is 10.4. The van der Waals surface area contributed by atoms with E-state index in [2.05, 4.69) is 0 Å². The predicted octanol–water partition coefficient (Wildman–Crippen LogP) is -0.305. The first-order chi connectivity index (χ1) is 6.97. The Hall–Kier alpha value is -0.210. The van der Waals surface area contributed by atoms with Gasteiger partial charge in [-0.2, -0.15) is 8.42 Å². The minimum atomic E-state index is -3.93. The zero-order chi connectivity index (χ0) is 11.3. The molecule has 0 radical (unpaired) electrons. The summed E-state index contributed by atoms with van der Waals surface area (Å²) in [5, 5.41) is 0. The number of hydrogen-bond donors (Lipinski definition) is 1. The Bertz CT molecular complexity index is 271. The Kier molecular flexibility index (Phi) is 4.94. The Morgan fingerprint density at radius 3 is 2.80 bits per heavy atom. The van der Waals surface area contributed by atoms with Gasteiger partial charge in [0.15, 0.2) is 0 Å². The van der Waals surface area contributed by atoms with Gasteiger partial charge < -0.3 is 14.2 Å². The number of rotatable bonds is 8. The van der Waals surface area contributed by atoms with Gasteiger partial charge in [-0.25, -0.2) is 0 Å². The van der Waals surface area contributed by atoms with E-state index in [-0.39, 0.29) is 24.6 Å². The van der Waals surface area contributed by atoms with Crippen LogP contribution in [0.25, 0.3) is 0 Å². The molecule has 0 aromatic carbocycles. The van der Waals surface area contributed by atoms with Crippen LogP contribution in [0.5, 0.6) is 0 Å².